The molecule has 0 aliphatic rings. The summed E-state index contributed by atoms with van der Waals surface area (Å²) in [7, 11) is -2.39. The average molecular weight is 481 g/mol. The van der Waals surface area contributed by atoms with E-state index >= 15 is 0 Å². The molecule has 0 heterocycles. The lowest BCUT2D eigenvalue weighted by Gasteiger charge is -2.19. The van der Waals surface area contributed by atoms with Crippen LogP contribution in [0.4, 0.5) is 5.69 Å². The molecule has 0 aromatic heterocycles. The summed E-state index contributed by atoms with van der Waals surface area (Å²) >= 11 is 9.34. The zero-order chi connectivity index (χ0) is 20.3. The van der Waals surface area contributed by atoms with E-state index in [1.165, 1.54) is 31.3 Å². The van der Waals surface area contributed by atoms with Crippen LogP contribution in [0.2, 0.25) is 5.02 Å². The van der Waals surface area contributed by atoms with Crippen molar-refractivity contribution < 1.29 is 17.9 Å². The SMILES string of the molecule is CN(c1ccccc1)S(=O)(=O)c1cccc(C(=O)Oc2ccc(Br)cc2Cl)c1. The van der Waals surface area contributed by atoms with E-state index in [0.29, 0.717) is 5.69 Å². The number of hydrogen-bond acceptors (Lipinski definition) is 4. The molecule has 0 saturated heterocycles. The van der Waals surface area contributed by atoms with Gasteiger partial charge in [-0.05, 0) is 48.5 Å². The fourth-order valence-electron chi connectivity index (χ4n) is 2.44. The maximum absolute atomic E-state index is 12.9. The van der Waals surface area contributed by atoms with Gasteiger partial charge in [0.05, 0.1) is 21.2 Å². The van der Waals surface area contributed by atoms with Crippen LogP contribution in [0.3, 0.4) is 0 Å². The van der Waals surface area contributed by atoms with Gasteiger partial charge in [-0.1, -0.05) is 51.8 Å². The van der Waals surface area contributed by atoms with Crippen molar-refractivity contribution in [2.75, 3.05) is 11.4 Å². The minimum absolute atomic E-state index is 0.0183. The summed E-state index contributed by atoms with van der Waals surface area (Å²) in [6.07, 6.45) is 0. The summed E-state index contributed by atoms with van der Waals surface area (Å²) in [6.45, 7) is 0. The second kappa shape index (κ2) is 8.34. The van der Waals surface area contributed by atoms with Crippen LogP contribution in [0.1, 0.15) is 10.4 Å². The van der Waals surface area contributed by atoms with Crippen LogP contribution in [0, 0.1) is 0 Å². The second-order valence-corrected chi connectivity index (χ2v) is 9.09. The number of halogens is 2. The number of para-hydroxylation sites is 1. The maximum atomic E-state index is 12.9. The third-order valence-corrected chi connectivity index (χ3v) is 6.51. The fourth-order valence-corrected chi connectivity index (χ4v) is 4.39. The molecule has 0 saturated carbocycles. The van der Waals surface area contributed by atoms with Crippen molar-refractivity contribution in [2.45, 2.75) is 4.90 Å². The van der Waals surface area contributed by atoms with Crippen molar-refractivity contribution in [1.82, 2.24) is 0 Å². The van der Waals surface area contributed by atoms with E-state index in [4.69, 9.17) is 16.3 Å². The Kier molecular flexibility index (Phi) is 6.07. The molecule has 0 aliphatic carbocycles. The van der Waals surface area contributed by atoms with E-state index in [-0.39, 0.29) is 21.2 Å². The molecular formula is C20H15BrClNO4S. The predicted octanol–water partition coefficient (Wildman–Crippen LogP) is 5.15. The number of esters is 1. The van der Waals surface area contributed by atoms with Gasteiger partial charge in [0.15, 0.2) is 0 Å². The normalized spacial score (nSPS) is 11.1. The van der Waals surface area contributed by atoms with Crippen LogP contribution >= 0.6 is 27.5 Å². The number of carbonyl (C=O) groups excluding carboxylic acids is 1. The lowest BCUT2D eigenvalue weighted by Crippen LogP contribution is -2.26. The molecule has 3 aromatic rings. The molecule has 0 bridgehead atoms. The highest BCUT2D eigenvalue weighted by Crippen LogP contribution is 2.29. The minimum atomic E-state index is -3.84. The number of ether oxygens (including phenoxy) is 1. The molecule has 5 nitrogen and oxygen atoms in total. The summed E-state index contributed by atoms with van der Waals surface area (Å²) in [4.78, 5) is 12.5. The Morgan fingerprint density at radius 2 is 1.71 bits per heavy atom. The Bertz CT molecular complexity index is 1120. The zero-order valence-corrected chi connectivity index (χ0v) is 17.8. The molecule has 0 aliphatic heterocycles. The van der Waals surface area contributed by atoms with E-state index in [1.807, 2.05) is 0 Å². The van der Waals surface area contributed by atoms with Gasteiger partial charge in [-0.25, -0.2) is 13.2 Å². The van der Waals surface area contributed by atoms with Crippen LogP contribution in [-0.2, 0) is 10.0 Å². The molecular weight excluding hydrogens is 466 g/mol. The van der Waals surface area contributed by atoms with Crippen LogP contribution in [0.5, 0.6) is 5.75 Å². The molecule has 0 fully saturated rings. The smallest absolute Gasteiger partial charge is 0.343 e. The average Bonchev–Trinajstić information content (AvgIpc) is 2.70. The first-order valence-corrected chi connectivity index (χ1v) is 10.7. The van der Waals surface area contributed by atoms with Gasteiger partial charge in [0.2, 0.25) is 0 Å². The predicted molar refractivity (Wildman–Crippen MR) is 113 cm³/mol. The highest BCUT2D eigenvalue weighted by atomic mass is 79.9. The van der Waals surface area contributed by atoms with E-state index in [9.17, 15) is 13.2 Å². The van der Waals surface area contributed by atoms with Gasteiger partial charge in [0.1, 0.15) is 5.75 Å². The molecule has 0 radical (unpaired) electrons. The molecule has 3 rings (SSSR count). The lowest BCUT2D eigenvalue weighted by molar-refractivity contribution is 0.0734. The van der Waals surface area contributed by atoms with Gasteiger partial charge in [-0.3, -0.25) is 4.31 Å². The number of carbonyl (C=O) groups is 1. The molecule has 8 heteroatoms. The fraction of sp³-hybridized carbons (Fsp3) is 0.0500. The van der Waals surface area contributed by atoms with E-state index in [0.717, 1.165) is 8.78 Å². The minimum Gasteiger partial charge on any atom is -0.421 e. The maximum Gasteiger partial charge on any atom is 0.343 e. The first kappa shape index (κ1) is 20.4. The summed E-state index contributed by atoms with van der Waals surface area (Å²) in [6, 6.07) is 19.2. The van der Waals surface area contributed by atoms with E-state index in [2.05, 4.69) is 15.9 Å². The van der Waals surface area contributed by atoms with Crippen molar-refractivity contribution in [1.29, 1.82) is 0 Å². The first-order valence-electron chi connectivity index (χ1n) is 8.10. The van der Waals surface area contributed by atoms with E-state index < -0.39 is 16.0 Å². The number of sulfonamides is 1. The summed E-state index contributed by atoms with van der Waals surface area (Å²) in [5, 5.41) is 0.260. The van der Waals surface area contributed by atoms with E-state index in [1.54, 1.807) is 48.5 Å². The Balaban J connectivity index is 1.88. The van der Waals surface area contributed by atoms with Crippen molar-refractivity contribution >= 4 is 49.2 Å². The van der Waals surface area contributed by atoms with Crippen LogP contribution in [0.25, 0.3) is 0 Å². The van der Waals surface area contributed by atoms with Gasteiger partial charge >= 0.3 is 5.97 Å². The van der Waals surface area contributed by atoms with Crippen molar-refractivity contribution in [2.24, 2.45) is 0 Å². The van der Waals surface area contributed by atoms with Crippen LogP contribution in [0.15, 0.2) is 82.2 Å². The first-order chi connectivity index (χ1) is 13.3. The third kappa shape index (κ3) is 4.38. The quantitative estimate of drug-likeness (QED) is 0.374. The Hall–Kier alpha value is -2.35. The highest BCUT2D eigenvalue weighted by molar-refractivity contribution is 9.10. The molecule has 0 amide bonds. The summed E-state index contributed by atoms with van der Waals surface area (Å²) < 4.78 is 33.0. The topological polar surface area (TPSA) is 63.7 Å². The summed E-state index contributed by atoms with van der Waals surface area (Å²) in [5.41, 5.74) is 0.610. The van der Waals surface area contributed by atoms with Crippen molar-refractivity contribution in [3.05, 3.63) is 87.9 Å². The number of rotatable bonds is 5. The Morgan fingerprint density at radius 1 is 1.00 bits per heavy atom. The third-order valence-electron chi connectivity index (χ3n) is 3.94. The second-order valence-electron chi connectivity index (χ2n) is 5.80. The molecule has 144 valence electrons. The van der Waals surface area contributed by atoms with Gasteiger partial charge < -0.3 is 4.74 Å². The monoisotopic (exact) mass is 479 g/mol. The molecule has 3 aromatic carbocycles. The standard InChI is InChI=1S/C20H15BrClNO4S/c1-23(16-7-3-2-4-8-16)28(25,26)17-9-5-6-14(12-17)20(24)27-19-11-10-15(21)13-18(19)22/h2-13H,1H3. The molecule has 0 N–H and O–H groups in total. The Morgan fingerprint density at radius 3 is 2.39 bits per heavy atom. The summed E-state index contributed by atoms with van der Waals surface area (Å²) in [5.74, 6) is -0.520. The molecule has 0 unspecified atom stereocenters. The van der Waals surface area contributed by atoms with Gasteiger partial charge in [-0.2, -0.15) is 0 Å². The van der Waals surface area contributed by atoms with Crippen LogP contribution < -0.4 is 9.04 Å². The zero-order valence-electron chi connectivity index (χ0n) is 14.7. The van der Waals surface area contributed by atoms with Crippen LogP contribution in [-0.4, -0.2) is 21.4 Å². The number of nitrogens with zero attached hydrogens (tertiary/aromatic N) is 1. The molecule has 0 spiro atoms. The van der Waals surface area contributed by atoms with Gasteiger partial charge in [0, 0.05) is 11.5 Å². The number of hydrogen-bond donors (Lipinski definition) is 0. The Labute approximate surface area is 176 Å². The number of anilines is 1. The molecule has 0 atom stereocenters. The highest BCUT2D eigenvalue weighted by Gasteiger charge is 2.23. The number of benzene rings is 3. The van der Waals surface area contributed by atoms with Crippen molar-refractivity contribution in [3.63, 3.8) is 0 Å². The largest absolute Gasteiger partial charge is 0.421 e. The lowest BCUT2D eigenvalue weighted by atomic mass is 10.2. The van der Waals surface area contributed by atoms with Crippen molar-refractivity contribution in [3.8, 4) is 5.75 Å². The van der Waals surface area contributed by atoms with Gasteiger partial charge in [0.25, 0.3) is 10.0 Å². The molecule has 28 heavy (non-hydrogen) atoms. The van der Waals surface area contributed by atoms with Gasteiger partial charge in [-0.15, -0.1) is 0 Å².